The van der Waals surface area contributed by atoms with Crippen molar-refractivity contribution >= 4 is 21.4 Å². The third-order valence-corrected chi connectivity index (χ3v) is 5.16. The molecule has 22 heavy (non-hydrogen) atoms. The molecule has 2 rings (SSSR count). The minimum atomic E-state index is -3.86. The summed E-state index contributed by atoms with van der Waals surface area (Å²) in [6.45, 7) is 3.69. The molecule has 0 unspecified atom stereocenters. The first-order valence-corrected chi connectivity index (χ1v) is 7.98. The fourth-order valence-electron chi connectivity index (χ4n) is 2.10. The Morgan fingerprint density at radius 3 is 2.41 bits per heavy atom. The zero-order chi connectivity index (χ0) is 16.5. The molecule has 0 saturated heterocycles. The average molecular weight is 320 g/mol. The number of hydrogen-bond acceptors (Lipinski definition) is 4. The monoisotopic (exact) mass is 320 g/mol. The Hall–Kier alpha value is -2.41. The topological polar surface area (TPSA) is 80.5 Å². The quantitative estimate of drug-likeness (QED) is 0.640. The second kappa shape index (κ2) is 5.76. The highest BCUT2D eigenvalue weighted by Crippen LogP contribution is 2.27. The number of rotatable bonds is 4. The molecule has 116 valence electrons. The predicted octanol–water partition coefficient (Wildman–Crippen LogP) is 3.04. The summed E-state index contributed by atoms with van der Waals surface area (Å²) in [6, 6.07) is 10.5. The fourth-order valence-corrected chi connectivity index (χ4v) is 3.40. The van der Waals surface area contributed by atoms with Gasteiger partial charge in [-0.2, -0.15) is 0 Å². The first-order valence-electron chi connectivity index (χ1n) is 6.54. The molecule has 0 bridgehead atoms. The van der Waals surface area contributed by atoms with Crippen LogP contribution in [0.25, 0.3) is 0 Å². The first-order chi connectivity index (χ1) is 10.2. The van der Waals surface area contributed by atoms with Gasteiger partial charge in [-0.25, -0.2) is 8.42 Å². The van der Waals surface area contributed by atoms with Crippen LogP contribution in [-0.2, 0) is 10.0 Å². The smallest absolute Gasteiger partial charge is 0.269 e. The van der Waals surface area contributed by atoms with Crippen molar-refractivity contribution in [3.05, 3.63) is 63.7 Å². The second-order valence-electron chi connectivity index (χ2n) is 5.02. The molecule has 0 amide bonds. The lowest BCUT2D eigenvalue weighted by Gasteiger charge is -2.21. The van der Waals surface area contributed by atoms with Gasteiger partial charge in [-0.3, -0.25) is 14.4 Å². The molecule has 0 spiro atoms. The molecule has 0 heterocycles. The molecule has 0 fully saturated rings. The van der Waals surface area contributed by atoms with Crippen molar-refractivity contribution < 1.29 is 13.3 Å². The summed E-state index contributed by atoms with van der Waals surface area (Å²) in [4.78, 5) is 10.1. The molecule has 2 aromatic carbocycles. The van der Waals surface area contributed by atoms with E-state index >= 15 is 0 Å². The van der Waals surface area contributed by atoms with Gasteiger partial charge in [-0.15, -0.1) is 0 Å². The molecular formula is C15H16N2O4S. The highest BCUT2D eigenvalue weighted by molar-refractivity contribution is 7.92. The minimum Gasteiger partial charge on any atom is -0.269 e. The van der Waals surface area contributed by atoms with Gasteiger partial charge in [0, 0.05) is 19.2 Å². The summed E-state index contributed by atoms with van der Waals surface area (Å²) >= 11 is 0. The van der Waals surface area contributed by atoms with Crippen molar-refractivity contribution in [1.29, 1.82) is 0 Å². The van der Waals surface area contributed by atoms with Gasteiger partial charge < -0.3 is 0 Å². The number of nitrogens with zero attached hydrogens (tertiary/aromatic N) is 2. The van der Waals surface area contributed by atoms with E-state index in [0.717, 1.165) is 21.5 Å². The van der Waals surface area contributed by atoms with Crippen molar-refractivity contribution in [3.8, 4) is 0 Å². The molecule has 0 atom stereocenters. The van der Waals surface area contributed by atoms with Crippen molar-refractivity contribution in [2.24, 2.45) is 0 Å². The SMILES string of the molecule is Cc1ccc(C)c(N(C)S(=O)(=O)c2cccc([N+](=O)[O-])c2)c1. The van der Waals surface area contributed by atoms with Crippen molar-refractivity contribution in [2.45, 2.75) is 18.7 Å². The van der Waals surface area contributed by atoms with E-state index in [1.54, 1.807) is 6.07 Å². The molecule has 0 saturated carbocycles. The molecule has 2 aromatic rings. The summed E-state index contributed by atoms with van der Waals surface area (Å²) in [5.74, 6) is 0. The van der Waals surface area contributed by atoms with E-state index in [-0.39, 0.29) is 10.6 Å². The molecule has 0 N–H and O–H groups in total. The summed E-state index contributed by atoms with van der Waals surface area (Å²) in [6.07, 6.45) is 0. The Kier molecular flexibility index (Phi) is 4.18. The number of nitro groups is 1. The van der Waals surface area contributed by atoms with Crippen LogP contribution in [0.5, 0.6) is 0 Å². The van der Waals surface area contributed by atoms with Gasteiger partial charge in [0.05, 0.1) is 15.5 Å². The number of sulfonamides is 1. The maximum Gasteiger partial charge on any atom is 0.270 e. The summed E-state index contributed by atoms with van der Waals surface area (Å²) in [7, 11) is -2.42. The van der Waals surface area contributed by atoms with E-state index in [0.29, 0.717) is 5.69 Å². The van der Waals surface area contributed by atoms with Gasteiger partial charge >= 0.3 is 0 Å². The number of aryl methyl sites for hydroxylation is 2. The molecule has 0 radical (unpaired) electrons. The van der Waals surface area contributed by atoms with E-state index in [9.17, 15) is 18.5 Å². The van der Waals surface area contributed by atoms with Crippen LogP contribution >= 0.6 is 0 Å². The van der Waals surface area contributed by atoms with Gasteiger partial charge in [0.25, 0.3) is 15.7 Å². The molecule has 0 aliphatic heterocycles. The molecule has 0 aromatic heterocycles. The lowest BCUT2D eigenvalue weighted by atomic mass is 10.1. The van der Waals surface area contributed by atoms with E-state index in [2.05, 4.69) is 0 Å². The highest BCUT2D eigenvalue weighted by atomic mass is 32.2. The van der Waals surface area contributed by atoms with Crippen LogP contribution in [0.1, 0.15) is 11.1 Å². The van der Waals surface area contributed by atoms with Crippen LogP contribution in [0, 0.1) is 24.0 Å². The number of benzene rings is 2. The van der Waals surface area contributed by atoms with Crippen LogP contribution in [0.15, 0.2) is 47.4 Å². The largest absolute Gasteiger partial charge is 0.270 e. The Balaban J connectivity index is 2.52. The number of hydrogen-bond donors (Lipinski definition) is 0. The molecular weight excluding hydrogens is 304 g/mol. The fraction of sp³-hybridized carbons (Fsp3) is 0.200. The molecule has 7 heteroatoms. The second-order valence-corrected chi connectivity index (χ2v) is 6.99. The van der Waals surface area contributed by atoms with E-state index < -0.39 is 14.9 Å². The van der Waals surface area contributed by atoms with Gasteiger partial charge in [0.1, 0.15) is 0 Å². The molecule has 0 aliphatic rings. The standard InChI is InChI=1S/C15H16N2O4S/c1-11-7-8-12(2)15(9-11)16(3)22(20,21)14-6-4-5-13(10-14)17(18)19/h4-10H,1-3H3. The Bertz CT molecular complexity index is 831. The third kappa shape index (κ3) is 2.94. The first kappa shape index (κ1) is 16.0. The highest BCUT2D eigenvalue weighted by Gasteiger charge is 2.24. The van der Waals surface area contributed by atoms with Gasteiger partial charge in [-0.1, -0.05) is 18.2 Å². The normalized spacial score (nSPS) is 11.2. The summed E-state index contributed by atoms with van der Waals surface area (Å²) in [5.41, 5.74) is 2.03. The zero-order valence-corrected chi connectivity index (χ0v) is 13.3. The lowest BCUT2D eigenvalue weighted by Crippen LogP contribution is -2.27. The van der Waals surface area contributed by atoms with E-state index in [4.69, 9.17) is 0 Å². The number of nitro benzene ring substituents is 1. The predicted molar refractivity (Wildman–Crippen MR) is 84.6 cm³/mol. The van der Waals surface area contributed by atoms with Crippen molar-refractivity contribution in [3.63, 3.8) is 0 Å². The molecule has 6 nitrogen and oxygen atoms in total. The summed E-state index contributed by atoms with van der Waals surface area (Å²) in [5, 5.41) is 10.8. The van der Waals surface area contributed by atoms with Crippen molar-refractivity contribution in [2.75, 3.05) is 11.4 Å². The van der Waals surface area contributed by atoms with Gasteiger partial charge in [-0.05, 0) is 37.1 Å². The summed E-state index contributed by atoms with van der Waals surface area (Å²) < 4.78 is 26.5. The number of non-ortho nitro benzene ring substituents is 1. The van der Waals surface area contributed by atoms with Crippen LogP contribution in [-0.4, -0.2) is 20.4 Å². The van der Waals surface area contributed by atoms with Crippen molar-refractivity contribution in [1.82, 2.24) is 0 Å². The lowest BCUT2D eigenvalue weighted by molar-refractivity contribution is -0.385. The van der Waals surface area contributed by atoms with Crippen LogP contribution in [0.2, 0.25) is 0 Å². The Labute approximate surface area is 129 Å². The number of anilines is 1. The van der Waals surface area contributed by atoms with E-state index in [1.165, 1.54) is 25.2 Å². The molecule has 0 aliphatic carbocycles. The van der Waals surface area contributed by atoms with Crippen LogP contribution < -0.4 is 4.31 Å². The maximum atomic E-state index is 12.7. The van der Waals surface area contributed by atoms with Crippen LogP contribution in [0.3, 0.4) is 0 Å². The zero-order valence-electron chi connectivity index (χ0n) is 12.5. The van der Waals surface area contributed by atoms with Gasteiger partial charge in [0.15, 0.2) is 0 Å². The van der Waals surface area contributed by atoms with Crippen LogP contribution in [0.4, 0.5) is 11.4 Å². The average Bonchev–Trinajstić information content (AvgIpc) is 2.49. The Morgan fingerprint density at radius 2 is 1.77 bits per heavy atom. The third-order valence-electron chi connectivity index (χ3n) is 3.39. The minimum absolute atomic E-state index is 0.106. The Morgan fingerprint density at radius 1 is 1.09 bits per heavy atom. The maximum absolute atomic E-state index is 12.7. The van der Waals surface area contributed by atoms with E-state index in [1.807, 2.05) is 26.0 Å². The van der Waals surface area contributed by atoms with Gasteiger partial charge in [0.2, 0.25) is 0 Å².